The molecule has 0 aromatic carbocycles. The molecular formula is C12H22N4O2. The van der Waals surface area contributed by atoms with E-state index in [2.05, 4.69) is 22.0 Å². The predicted octanol–water partition coefficient (Wildman–Crippen LogP) is 0.744. The average Bonchev–Trinajstić information content (AvgIpc) is 2.88. The van der Waals surface area contributed by atoms with Crippen molar-refractivity contribution in [2.45, 2.75) is 32.3 Å². The Morgan fingerprint density at radius 1 is 1.44 bits per heavy atom. The summed E-state index contributed by atoms with van der Waals surface area (Å²) in [6.07, 6.45) is 2.73. The Kier molecular flexibility index (Phi) is 5.10. The molecule has 0 aliphatic carbocycles. The van der Waals surface area contributed by atoms with Crippen LogP contribution in [0.1, 0.15) is 37.6 Å². The van der Waals surface area contributed by atoms with E-state index in [-0.39, 0.29) is 6.10 Å². The number of ether oxygens (including phenoxy) is 1. The van der Waals surface area contributed by atoms with Gasteiger partial charge < -0.3 is 15.0 Å². The van der Waals surface area contributed by atoms with Gasteiger partial charge in [0.25, 0.3) is 0 Å². The first-order valence-electron chi connectivity index (χ1n) is 6.70. The van der Waals surface area contributed by atoms with Crippen molar-refractivity contribution < 1.29 is 9.26 Å². The predicted molar refractivity (Wildman–Crippen MR) is 67.1 cm³/mol. The zero-order valence-corrected chi connectivity index (χ0v) is 11.0. The second-order valence-corrected chi connectivity index (χ2v) is 4.54. The van der Waals surface area contributed by atoms with E-state index < -0.39 is 0 Å². The summed E-state index contributed by atoms with van der Waals surface area (Å²) < 4.78 is 10.9. The lowest BCUT2D eigenvalue weighted by atomic mass is 10.2. The number of morpholine rings is 1. The quantitative estimate of drug-likeness (QED) is 0.755. The van der Waals surface area contributed by atoms with Gasteiger partial charge in [-0.25, -0.2) is 0 Å². The Labute approximate surface area is 107 Å². The molecule has 0 saturated carbocycles. The summed E-state index contributed by atoms with van der Waals surface area (Å²) >= 11 is 0. The Hall–Kier alpha value is -0.980. The lowest BCUT2D eigenvalue weighted by Gasteiger charge is -2.30. The standard InChI is InChI=1S/C12H22N4O2/c1-2-16-7-8-17-10(9-16)12-14-11(18-15-12)5-3-4-6-13/h10H,2-9,13H2,1H3. The van der Waals surface area contributed by atoms with Crippen molar-refractivity contribution in [3.8, 4) is 0 Å². The number of hydrogen-bond acceptors (Lipinski definition) is 6. The largest absolute Gasteiger partial charge is 0.367 e. The number of unbranched alkanes of at least 4 members (excludes halogenated alkanes) is 1. The molecule has 2 N–H and O–H groups in total. The van der Waals surface area contributed by atoms with Gasteiger partial charge in [-0.1, -0.05) is 12.1 Å². The number of rotatable bonds is 6. The number of aromatic nitrogens is 2. The highest BCUT2D eigenvalue weighted by atomic mass is 16.5. The van der Waals surface area contributed by atoms with Gasteiger partial charge in [0.1, 0.15) is 6.10 Å². The summed E-state index contributed by atoms with van der Waals surface area (Å²) in [5.41, 5.74) is 5.45. The van der Waals surface area contributed by atoms with Crippen LogP contribution < -0.4 is 5.73 Å². The lowest BCUT2D eigenvalue weighted by Crippen LogP contribution is -2.38. The number of nitrogens with zero attached hydrogens (tertiary/aromatic N) is 3. The fraction of sp³-hybridized carbons (Fsp3) is 0.833. The Morgan fingerprint density at radius 2 is 2.33 bits per heavy atom. The van der Waals surface area contributed by atoms with Gasteiger partial charge in [0, 0.05) is 19.5 Å². The van der Waals surface area contributed by atoms with Crippen molar-refractivity contribution in [3.05, 3.63) is 11.7 Å². The van der Waals surface area contributed by atoms with Crippen molar-refractivity contribution in [2.24, 2.45) is 5.73 Å². The maximum absolute atomic E-state index is 5.69. The third-order valence-corrected chi connectivity index (χ3v) is 3.21. The van der Waals surface area contributed by atoms with Crippen LogP contribution >= 0.6 is 0 Å². The minimum Gasteiger partial charge on any atom is -0.367 e. The molecule has 1 saturated heterocycles. The SMILES string of the molecule is CCN1CCOC(c2noc(CCCCN)n2)C1. The summed E-state index contributed by atoms with van der Waals surface area (Å²) in [6, 6.07) is 0. The number of nitrogens with two attached hydrogens (primary N) is 1. The van der Waals surface area contributed by atoms with Gasteiger partial charge in [-0.05, 0) is 25.9 Å². The first kappa shape index (κ1) is 13.5. The Bertz CT molecular complexity index is 356. The molecule has 1 aliphatic heterocycles. The third kappa shape index (κ3) is 3.51. The third-order valence-electron chi connectivity index (χ3n) is 3.21. The van der Waals surface area contributed by atoms with E-state index in [0.717, 1.165) is 45.5 Å². The highest BCUT2D eigenvalue weighted by molar-refractivity contribution is 4.94. The fourth-order valence-corrected chi connectivity index (χ4v) is 2.07. The highest BCUT2D eigenvalue weighted by Crippen LogP contribution is 2.19. The average molecular weight is 254 g/mol. The maximum Gasteiger partial charge on any atom is 0.226 e. The van der Waals surface area contributed by atoms with Crippen LogP contribution in [0.3, 0.4) is 0 Å². The summed E-state index contributed by atoms with van der Waals surface area (Å²) in [5.74, 6) is 1.37. The summed E-state index contributed by atoms with van der Waals surface area (Å²) in [7, 11) is 0. The van der Waals surface area contributed by atoms with Crippen molar-refractivity contribution in [3.63, 3.8) is 0 Å². The summed E-state index contributed by atoms with van der Waals surface area (Å²) in [6.45, 7) is 6.44. The lowest BCUT2D eigenvalue weighted by molar-refractivity contribution is -0.0334. The van der Waals surface area contributed by atoms with Gasteiger partial charge in [-0.15, -0.1) is 0 Å². The molecule has 6 heteroatoms. The van der Waals surface area contributed by atoms with Crippen molar-refractivity contribution in [1.29, 1.82) is 0 Å². The van der Waals surface area contributed by atoms with Gasteiger partial charge in [0.15, 0.2) is 0 Å². The fourth-order valence-electron chi connectivity index (χ4n) is 2.07. The minimum atomic E-state index is -0.0503. The van der Waals surface area contributed by atoms with Gasteiger partial charge in [-0.3, -0.25) is 4.90 Å². The van der Waals surface area contributed by atoms with E-state index in [1.807, 2.05) is 0 Å². The summed E-state index contributed by atoms with van der Waals surface area (Å²) in [4.78, 5) is 6.74. The van der Waals surface area contributed by atoms with Crippen LogP contribution in [0.4, 0.5) is 0 Å². The molecular weight excluding hydrogens is 232 g/mol. The molecule has 1 fully saturated rings. The Balaban J connectivity index is 1.88. The molecule has 102 valence electrons. The summed E-state index contributed by atoms with van der Waals surface area (Å²) in [5, 5.41) is 4.02. The smallest absolute Gasteiger partial charge is 0.226 e. The second-order valence-electron chi connectivity index (χ2n) is 4.54. The van der Waals surface area contributed by atoms with Gasteiger partial charge in [-0.2, -0.15) is 4.98 Å². The topological polar surface area (TPSA) is 77.4 Å². The van der Waals surface area contributed by atoms with Gasteiger partial charge in [0.05, 0.1) is 6.61 Å². The molecule has 0 spiro atoms. The zero-order valence-electron chi connectivity index (χ0n) is 11.0. The van der Waals surface area contributed by atoms with E-state index in [1.165, 1.54) is 0 Å². The van der Waals surface area contributed by atoms with Crippen molar-refractivity contribution in [2.75, 3.05) is 32.8 Å². The van der Waals surface area contributed by atoms with E-state index in [1.54, 1.807) is 0 Å². The van der Waals surface area contributed by atoms with Crippen LogP contribution in [0.2, 0.25) is 0 Å². The van der Waals surface area contributed by atoms with E-state index >= 15 is 0 Å². The molecule has 0 amide bonds. The highest BCUT2D eigenvalue weighted by Gasteiger charge is 2.25. The first-order chi connectivity index (χ1) is 8.83. The van der Waals surface area contributed by atoms with Gasteiger partial charge in [0.2, 0.25) is 11.7 Å². The van der Waals surface area contributed by atoms with Crippen LogP contribution in [0.5, 0.6) is 0 Å². The van der Waals surface area contributed by atoms with E-state index in [4.69, 9.17) is 15.0 Å². The molecule has 1 aromatic rings. The zero-order chi connectivity index (χ0) is 12.8. The molecule has 2 heterocycles. The van der Waals surface area contributed by atoms with E-state index in [0.29, 0.717) is 18.3 Å². The number of aryl methyl sites for hydroxylation is 1. The number of hydrogen-bond donors (Lipinski definition) is 1. The molecule has 0 bridgehead atoms. The molecule has 1 atom stereocenters. The normalized spacial score (nSPS) is 21.3. The van der Waals surface area contributed by atoms with Crippen LogP contribution in [-0.4, -0.2) is 47.8 Å². The monoisotopic (exact) mass is 254 g/mol. The van der Waals surface area contributed by atoms with Crippen molar-refractivity contribution in [1.82, 2.24) is 15.0 Å². The van der Waals surface area contributed by atoms with Gasteiger partial charge >= 0.3 is 0 Å². The van der Waals surface area contributed by atoms with E-state index in [9.17, 15) is 0 Å². The molecule has 6 nitrogen and oxygen atoms in total. The Morgan fingerprint density at radius 3 is 3.11 bits per heavy atom. The van der Waals surface area contributed by atoms with Crippen molar-refractivity contribution >= 4 is 0 Å². The van der Waals surface area contributed by atoms with Crippen LogP contribution in [0.15, 0.2) is 4.52 Å². The van der Waals surface area contributed by atoms with Crippen LogP contribution in [0.25, 0.3) is 0 Å². The maximum atomic E-state index is 5.69. The minimum absolute atomic E-state index is 0.0503. The first-order valence-corrected chi connectivity index (χ1v) is 6.70. The molecule has 2 rings (SSSR count). The van der Waals surface area contributed by atoms with Crippen LogP contribution in [0, 0.1) is 0 Å². The molecule has 1 aromatic heterocycles. The van der Waals surface area contributed by atoms with Crippen LogP contribution in [-0.2, 0) is 11.2 Å². The molecule has 1 aliphatic rings. The molecule has 0 radical (unpaired) electrons. The number of likely N-dealkylation sites (N-methyl/N-ethyl adjacent to an activating group) is 1. The molecule has 18 heavy (non-hydrogen) atoms. The molecule has 1 unspecified atom stereocenters. The second kappa shape index (κ2) is 6.82.